The summed E-state index contributed by atoms with van der Waals surface area (Å²) in [5.41, 5.74) is 0. The lowest BCUT2D eigenvalue weighted by Crippen LogP contribution is -2.64. The first-order chi connectivity index (χ1) is 27.9. The molecule has 0 bridgehead atoms. The van der Waals surface area contributed by atoms with Gasteiger partial charge in [-0.25, -0.2) is 4.57 Å². The topological polar surface area (TPSA) is 222 Å². The number of esters is 2. The van der Waals surface area contributed by atoms with Crippen molar-refractivity contribution in [2.45, 2.75) is 210 Å². The molecule has 0 radical (unpaired) electrons. The van der Waals surface area contributed by atoms with E-state index in [2.05, 4.69) is 50.3 Å². The number of epoxide rings is 1. The van der Waals surface area contributed by atoms with Crippen LogP contribution in [0, 0.1) is 0 Å². The Kier molecular flexibility index (Phi) is 27.9. The number of hydrogen-bond donors (Lipinski definition) is 6. The minimum Gasteiger partial charge on any atom is -0.462 e. The molecule has 0 aromatic heterocycles. The van der Waals surface area contributed by atoms with Crippen LogP contribution in [0.3, 0.4) is 0 Å². The summed E-state index contributed by atoms with van der Waals surface area (Å²) in [4.78, 5) is 35.6. The number of allylic oxidation sites excluding steroid dienone is 5. The quantitative estimate of drug-likeness (QED) is 0.0129. The fraction of sp³-hybridized carbons (Fsp3) is 0.814. The van der Waals surface area contributed by atoms with Gasteiger partial charge in [0.1, 0.15) is 43.2 Å². The Morgan fingerprint density at radius 3 is 1.79 bits per heavy atom. The van der Waals surface area contributed by atoms with Gasteiger partial charge in [0, 0.05) is 12.8 Å². The van der Waals surface area contributed by atoms with Gasteiger partial charge in [0.15, 0.2) is 6.10 Å². The standard InChI is InChI=1S/C43H75O14P/c1-3-5-7-8-9-10-11-12-13-14-18-21-25-29-36(44)53-31-33(32-54-58(51,52)57-43-41(49)39(47)38(46)40(48)42(43)50)55-37(45)30-26-22-19-16-15-17-20-24-28-35-34(56-35)27-23-6-4-2/h7-8,10-11,20,24,33-35,38-43,46-50H,3-6,9,12-19,21-23,25-32H2,1-2H3,(H,51,52)/b8-7-,11-10-,24-20-/t33-,34?,35?,38?,39-,40+,41-,42-,43?/m1/s1. The van der Waals surface area contributed by atoms with Crippen molar-refractivity contribution in [1.29, 1.82) is 0 Å². The third-order valence-electron chi connectivity index (χ3n) is 10.4. The van der Waals surface area contributed by atoms with Gasteiger partial charge in [0.25, 0.3) is 0 Å². The van der Waals surface area contributed by atoms with E-state index in [1.54, 1.807) is 0 Å². The van der Waals surface area contributed by atoms with Gasteiger partial charge in [-0.3, -0.25) is 18.6 Å². The van der Waals surface area contributed by atoms with Crippen molar-refractivity contribution in [1.82, 2.24) is 0 Å². The van der Waals surface area contributed by atoms with Crippen LogP contribution in [-0.4, -0.2) is 111 Å². The number of phosphoric acid groups is 1. The Morgan fingerprint density at radius 2 is 1.17 bits per heavy atom. The first-order valence-electron chi connectivity index (χ1n) is 21.9. The van der Waals surface area contributed by atoms with Crippen molar-refractivity contribution >= 4 is 19.8 Å². The van der Waals surface area contributed by atoms with Crippen LogP contribution in [0.2, 0.25) is 0 Å². The largest absolute Gasteiger partial charge is 0.472 e. The van der Waals surface area contributed by atoms with Crippen LogP contribution in [0.4, 0.5) is 0 Å². The summed E-state index contributed by atoms with van der Waals surface area (Å²) in [6.45, 7) is 3.16. The van der Waals surface area contributed by atoms with Crippen LogP contribution in [0.25, 0.3) is 0 Å². The fourth-order valence-electron chi connectivity index (χ4n) is 6.68. The van der Waals surface area contributed by atoms with E-state index in [9.17, 15) is 44.6 Å². The highest BCUT2D eigenvalue weighted by Gasteiger charge is 2.51. The maximum Gasteiger partial charge on any atom is 0.472 e. The van der Waals surface area contributed by atoms with Gasteiger partial charge >= 0.3 is 19.8 Å². The molecular weight excluding hydrogens is 771 g/mol. The second-order valence-corrected chi connectivity index (χ2v) is 17.0. The molecule has 6 N–H and O–H groups in total. The Bertz CT molecular complexity index is 1230. The minimum atomic E-state index is -5.13. The first kappa shape index (κ1) is 52.2. The van der Waals surface area contributed by atoms with E-state index in [0.717, 1.165) is 96.3 Å². The molecule has 0 spiro atoms. The zero-order valence-electron chi connectivity index (χ0n) is 35.0. The van der Waals surface area contributed by atoms with Crippen molar-refractivity contribution in [2.75, 3.05) is 13.2 Å². The van der Waals surface area contributed by atoms with Crippen molar-refractivity contribution in [3.63, 3.8) is 0 Å². The molecule has 1 saturated carbocycles. The van der Waals surface area contributed by atoms with Crippen LogP contribution in [-0.2, 0) is 37.4 Å². The Hall–Kier alpha value is -1.97. The van der Waals surface area contributed by atoms with Gasteiger partial charge in [0.05, 0.1) is 18.8 Å². The van der Waals surface area contributed by atoms with Crippen molar-refractivity contribution < 1.29 is 67.8 Å². The molecule has 0 aromatic rings. The first-order valence-corrected chi connectivity index (χ1v) is 23.4. The van der Waals surface area contributed by atoms with Gasteiger partial charge in [-0.15, -0.1) is 0 Å². The zero-order valence-corrected chi connectivity index (χ0v) is 35.9. The highest BCUT2D eigenvalue weighted by atomic mass is 31.2. The van der Waals surface area contributed by atoms with E-state index >= 15 is 0 Å². The normalized spacial score (nSPS) is 26.3. The van der Waals surface area contributed by atoms with E-state index in [-0.39, 0.29) is 12.8 Å². The lowest BCUT2D eigenvalue weighted by Gasteiger charge is -2.41. The summed E-state index contributed by atoms with van der Waals surface area (Å²) in [6.07, 6.45) is 20.9. The van der Waals surface area contributed by atoms with Gasteiger partial charge in [-0.1, -0.05) is 115 Å². The second-order valence-electron chi connectivity index (χ2n) is 15.6. The Balaban J connectivity index is 1.73. The van der Waals surface area contributed by atoms with Crippen LogP contribution in [0.15, 0.2) is 36.5 Å². The molecule has 58 heavy (non-hydrogen) atoms. The molecule has 336 valence electrons. The molecule has 1 aliphatic carbocycles. The molecule has 1 heterocycles. The number of hydrogen-bond acceptors (Lipinski definition) is 13. The van der Waals surface area contributed by atoms with E-state index < -0.39 is 75.7 Å². The lowest BCUT2D eigenvalue weighted by molar-refractivity contribution is -0.220. The molecule has 1 saturated heterocycles. The summed E-state index contributed by atoms with van der Waals surface area (Å²) in [6, 6.07) is 0. The van der Waals surface area contributed by atoms with Gasteiger partial charge in [-0.2, -0.15) is 0 Å². The van der Waals surface area contributed by atoms with E-state index in [1.165, 1.54) is 19.3 Å². The molecule has 0 amide bonds. The van der Waals surface area contributed by atoms with Gasteiger partial charge < -0.3 is 44.6 Å². The van der Waals surface area contributed by atoms with Crippen molar-refractivity contribution in [3.8, 4) is 0 Å². The van der Waals surface area contributed by atoms with Crippen LogP contribution in [0.5, 0.6) is 0 Å². The molecule has 2 rings (SSSR count). The number of carbonyl (C=O) groups is 2. The molecule has 0 aromatic carbocycles. The number of unbranched alkanes of at least 4 members (excludes halogenated alkanes) is 13. The third kappa shape index (κ3) is 23.1. The van der Waals surface area contributed by atoms with Crippen LogP contribution < -0.4 is 0 Å². The molecule has 2 aliphatic rings. The van der Waals surface area contributed by atoms with E-state index in [0.29, 0.717) is 25.0 Å². The second kappa shape index (κ2) is 31.0. The predicted octanol–water partition coefficient (Wildman–Crippen LogP) is 6.82. The summed E-state index contributed by atoms with van der Waals surface area (Å²) < 4.78 is 39.2. The summed E-state index contributed by atoms with van der Waals surface area (Å²) in [5, 5.41) is 50.1. The lowest BCUT2D eigenvalue weighted by atomic mass is 9.85. The minimum absolute atomic E-state index is 0.0722. The molecule has 15 heteroatoms. The van der Waals surface area contributed by atoms with Crippen molar-refractivity contribution in [3.05, 3.63) is 36.5 Å². The van der Waals surface area contributed by atoms with E-state index in [1.807, 2.05) is 0 Å². The Labute approximate surface area is 346 Å². The average molecular weight is 847 g/mol. The fourth-order valence-corrected chi connectivity index (χ4v) is 7.66. The molecule has 2 fully saturated rings. The molecule has 1 aliphatic heterocycles. The van der Waals surface area contributed by atoms with Gasteiger partial charge in [-0.05, 0) is 64.2 Å². The molecule has 14 nitrogen and oxygen atoms in total. The number of rotatable bonds is 34. The smallest absolute Gasteiger partial charge is 0.462 e. The van der Waals surface area contributed by atoms with Crippen LogP contribution in [0.1, 0.15) is 155 Å². The van der Waals surface area contributed by atoms with Crippen LogP contribution >= 0.6 is 7.82 Å². The summed E-state index contributed by atoms with van der Waals surface area (Å²) >= 11 is 0. The van der Waals surface area contributed by atoms with Crippen molar-refractivity contribution in [2.24, 2.45) is 0 Å². The number of ether oxygens (including phenoxy) is 3. The monoisotopic (exact) mass is 846 g/mol. The number of aliphatic hydroxyl groups is 5. The predicted molar refractivity (Wildman–Crippen MR) is 221 cm³/mol. The maximum atomic E-state index is 12.8. The maximum absolute atomic E-state index is 12.8. The van der Waals surface area contributed by atoms with Gasteiger partial charge in [0.2, 0.25) is 0 Å². The summed E-state index contributed by atoms with van der Waals surface area (Å²) in [7, 11) is -5.13. The highest BCUT2D eigenvalue weighted by Crippen LogP contribution is 2.47. The molecular formula is C43H75O14P. The molecule has 5 unspecified atom stereocenters. The SMILES string of the molecule is CCC/C=C\C/C=C\CCCCCCCC(=O)OC[C@H](COP(=O)(O)OC1[C@H](O)[C@H](O)C(O)[C@H](O)[C@H]1O)OC(=O)CCCCCCC/C=C\CC1OC1CCCCC. The Morgan fingerprint density at radius 1 is 0.621 bits per heavy atom. The zero-order chi connectivity index (χ0) is 42.6. The number of phosphoric ester groups is 1. The third-order valence-corrected chi connectivity index (χ3v) is 11.3. The number of aliphatic hydroxyl groups excluding tert-OH is 5. The summed E-state index contributed by atoms with van der Waals surface area (Å²) in [5.74, 6) is -1.14. The van der Waals surface area contributed by atoms with E-state index in [4.69, 9.17) is 23.3 Å². The number of carbonyl (C=O) groups excluding carboxylic acids is 2. The highest BCUT2D eigenvalue weighted by molar-refractivity contribution is 7.47. The average Bonchev–Trinajstić information content (AvgIpc) is 3.96. The molecule has 10 atom stereocenters.